The first-order valence-corrected chi connectivity index (χ1v) is 9.48. The fraction of sp³-hybridized carbons (Fsp3) is 1.00. The van der Waals surface area contributed by atoms with Gasteiger partial charge in [-0.25, -0.2) is 0 Å². The van der Waals surface area contributed by atoms with Crippen LogP contribution in [0.1, 0.15) is 53.4 Å². The third-order valence-electron chi connectivity index (χ3n) is 3.07. The summed E-state index contributed by atoms with van der Waals surface area (Å²) in [7, 11) is 0. The van der Waals surface area contributed by atoms with Gasteiger partial charge in [0.2, 0.25) is 0 Å². The first-order chi connectivity index (χ1) is 12.8. The second kappa shape index (κ2) is 26.3. The van der Waals surface area contributed by atoms with E-state index in [-0.39, 0.29) is 99.1 Å². The Kier molecular flexibility index (Phi) is 36.1. The van der Waals surface area contributed by atoms with E-state index in [1.54, 1.807) is 27.7 Å². The number of nitrogens with two attached hydrogens (primary N) is 2. The number of hydrogen-bond acceptors (Lipinski definition) is 10. The molecule has 0 rings (SSSR count). The molecule has 0 aromatic heterocycles. The van der Waals surface area contributed by atoms with Gasteiger partial charge >= 0.3 is 0 Å². The van der Waals surface area contributed by atoms with Crippen molar-refractivity contribution in [2.75, 3.05) is 39.5 Å². The van der Waals surface area contributed by atoms with E-state index in [4.69, 9.17) is 42.1 Å². The zero-order chi connectivity index (χ0) is 23.2. The smallest absolute Gasteiger partial charge is 0.0813 e. The van der Waals surface area contributed by atoms with Crippen molar-refractivity contribution in [3.63, 3.8) is 0 Å². The summed E-state index contributed by atoms with van der Waals surface area (Å²) in [5.74, 6) is 0. The van der Waals surface area contributed by atoms with Crippen LogP contribution in [-0.2, 0) is 21.7 Å². The molecule has 0 aliphatic carbocycles. The summed E-state index contributed by atoms with van der Waals surface area (Å²) >= 11 is 0. The summed E-state index contributed by atoms with van der Waals surface area (Å²) in [5.41, 5.74) is 8.25. The van der Waals surface area contributed by atoms with Crippen molar-refractivity contribution in [3.8, 4) is 0 Å². The molecule has 0 saturated carbocycles. The van der Waals surface area contributed by atoms with E-state index in [9.17, 15) is 10.2 Å². The van der Waals surface area contributed by atoms with E-state index in [1.807, 2.05) is 0 Å². The Morgan fingerprint density at radius 1 is 0.586 bits per heavy atom. The second-order valence-corrected chi connectivity index (χ2v) is 6.94. The maximum absolute atomic E-state index is 9.38. The van der Waals surface area contributed by atoms with E-state index in [0.29, 0.717) is 0 Å². The molecule has 0 aliphatic heterocycles. The molecule has 0 amide bonds. The molecule has 0 aromatic carbocycles. The number of aliphatic hydroxyl groups excluding tert-OH is 6. The van der Waals surface area contributed by atoms with Crippen LogP contribution in [0.25, 0.3) is 0 Å². The van der Waals surface area contributed by atoms with Crippen LogP contribution in [0, 0.1) is 0 Å². The van der Waals surface area contributed by atoms with Gasteiger partial charge in [-0.15, -0.1) is 0 Å². The number of aliphatic hydroxyl groups is 8. The predicted octanol–water partition coefficient (Wildman–Crippen LogP) is -2.35. The van der Waals surface area contributed by atoms with Gasteiger partial charge in [-0.2, -0.15) is 0 Å². The predicted molar refractivity (Wildman–Crippen MR) is 110 cm³/mol. The number of rotatable bonds is 10. The molecular formula is C18H46N2O8Ti. The van der Waals surface area contributed by atoms with Crippen LogP contribution in [0.3, 0.4) is 0 Å². The average Bonchev–Trinajstić information content (AvgIpc) is 2.55. The first-order valence-electron chi connectivity index (χ1n) is 9.48. The normalized spacial score (nSPS) is 10.8. The molecule has 29 heavy (non-hydrogen) atoms. The Morgan fingerprint density at radius 3 is 0.793 bits per heavy atom. The second-order valence-electron chi connectivity index (χ2n) is 6.94. The fourth-order valence-electron chi connectivity index (χ4n) is 1.49. The van der Waals surface area contributed by atoms with Crippen LogP contribution in [0.5, 0.6) is 0 Å². The minimum absolute atomic E-state index is 0. The summed E-state index contributed by atoms with van der Waals surface area (Å²) in [5, 5.41) is 68.7. The molecule has 0 radical (unpaired) electrons. The van der Waals surface area contributed by atoms with Crippen molar-refractivity contribution in [2.24, 2.45) is 11.5 Å². The summed E-state index contributed by atoms with van der Waals surface area (Å²) in [6, 6.07) is 0. The zero-order valence-electron chi connectivity index (χ0n) is 18.5. The summed E-state index contributed by atoms with van der Waals surface area (Å²) < 4.78 is 0. The standard InChI is InChI=1S/2C6H15NO3.2C3H8O.Ti/c2*7-5-6(10,1-3-8)2-4-9;2*1-3(2)4;/h2*8-10H,1-5,7H2;2*3-4H,1-2H3;. The van der Waals surface area contributed by atoms with Gasteiger partial charge in [0.1, 0.15) is 0 Å². The van der Waals surface area contributed by atoms with Crippen molar-refractivity contribution >= 4 is 0 Å². The molecular weight excluding hydrogens is 420 g/mol. The third kappa shape index (κ3) is 39.4. The third-order valence-corrected chi connectivity index (χ3v) is 3.07. The van der Waals surface area contributed by atoms with Crippen molar-refractivity contribution < 1.29 is 62.6 Å². The molecule has 0 heterocycles. The summed E-state index contributed by atoms with van der Waals surface area (Å²) in [4.78, 5) is 0. The van der Waals surface area contributed by atoms with E-state index >= 15 is 0 Å². The largest absolute Gasteiger partial charge is 0.396 e. The van der Waals surface area contributed by atoms with E-state index in [0.717, 1.165) is 0 Å². The molecule has 12 N–H and O–H groups in total. The molecule has 10 nitrogen and oxygen atoms in total. The van der Waals surface area contributed by atoms with Gasteiger partial charge in [0.25, 0.3) is 0 Å². The van der Waals surface area contributed by atoms with E-state index in [1.165, 1.54) is 0 Å². The van der Waals surface area contributed by atoms with E-state index in [2.05, 4.69) is 0 Å². The van der Waals surface area contributed by atoms with Gasteiger partial charge < -0.3 is 52.3 Å². The van der Waals surface area contributed by atoms with Crippen molar-refractivity contribution in [1.82, 2.24) is 0 Å². The average molecular weight is 466 g/mol. The minimum atomic E-state index is -1.08. The monoisotopic (exact) mass is 466 g/mol. The quantitative estimate of drug-likeness (QED) is 0.155. The van der Waals surface area contributed by atoms with Gasteiger partial charge in [-0.1, -0.05) is 0 Å². The molecule has 0 saturated heterocycles. The van der Waals surface area contributed by atoms with Crippen molar-refractivity contribution in [1.29, 1.82) is 0 Å². The Bertz CT molecular complexity index is 256. The fourth-order valence-corrected chi connectivity index (χ4v) is 1.49. The molecule has 0 aliphatic rings. The maximum Gasteiger partial charge on any atom is 0.0813 e. The zero-order valence-corrected chi connectivity index (χ0v) is 20.0. The van der Waals surface area contributed by atoms with Crippen molar-refractivity contribution in [2.45, 2.75) is 76.8 Å². The molecule has 0 bridgehead atoms. The maximum atomic E-state index is 9.38. The van der Waals surface area contributed by atoms with Crippen LogP contribution in [-0.4, -0.2) is 104 Å². The first kappa shape index (κ1) is 39.8. The SMILES string of the molecule is CC(C)O.CC(C)O.NCC(O)(CCO)CCO.NCC(O)(CCO)CCO.[Ti]. The van der Waals surface area contributed by atoms with Crippen LogP contribution in [0.4, 0.5) is 0 Å². The van der Waals surface area contributed by atoms with Gasteiger partial charge in [-0.3, -0.25) is 0 Å². The molecule has 0 unspecified atom stereocenters. The Labute approximate surface area is 190 Å². The summed E-state index contributed by atoms with van der Waals surface area (Å²) in [6.07, 6.45) is 0.572. The van der Waals surface area contributed by atoms with Crippen LogP contribution in [0.15, 0.2) is 0 Å². The van der Waals surface area contributed by atoms with Gasteiger partial charge in [0.05, 0.1) is 11.2 Å². The van der Waals surface area contributed by atoms with Crippen LogP contribution >= 0.6 is 0 Å². The van der Waals surface area contributed by atoms with Gasteiger partial charge in [0, 0.05) is 99.1 Å². The van der Waals surface area contributed by atoms with Gasteiger partial charge in [-0.05, 0) is 27.7 Å². The summed E-state index contributed by atoms with van der Waals surface area (Å²) in [6.45, 7) is 6.63. The van der Waals surface area contributed by atoms with Crippen LogP contribution < -0.4 is 11.5 Å². The topological polar surface area (TPSA) is 214 Å². The Balaban J connectivity index is -0.0000000950. The van der Waals surface area contributed by atoms with Gasteiger partial charge in [0.15, 0.2) is 0 Å². The molecule has 0 atom stereocenters. The van der Waals surface area contributed by atoms with Crippen molar-refractivity contribution in [3.05, 3.63) is 0 Å². The molecule has 0 spiro atoms. The molecule has 11 heteroatoms. The molecule has 0 aromatic rings. The van der Waals surface area contributed by atoms with Crippen LogP contribution in [0.2, 0.25) is 0 Å². The minimum Gasteiger partial charge on any atom is -0.396 e. The Hall–Kier alpha value is 0.314. The molecule has 180 valence electrons. The number of hydrogen-bond donors (Lipinski definition) is 10. The van der Waals surface area contributed by atoms with E-state index < -0.39 is 11.2 Å². The molecule has 0 fully saturated rings. The Morgan fingerprint density at radius 2 is 0.724 bits per heavy atom.